The van der Waals surface area contributed by atoms with Gasteiger partial charge in [-0.2, -0.15) is 0 Å². The van der Waals surface area contributed by atoms with Crippen LogP contribution in [0, 0.1) is 0 Å². The van der Waals surface area contributed by atoms with Gasteiger partial charge in [-0.25, -0.2) is 0 Å². The Labute approximate surface area is 189 Å². The molecule has 3 aromatic rings. The van der Waals surface area contributed by atoms with E-state index < -0.39 is 0 Å². The molecule has 1 aliphatic heterocycles. The van der Waals surface area contributed by atoms with Crippen molar-refractivity contribution in [3.05, 3.63) is 93.8 Å². The molecule has 5 heteroatoms. The van der Waals surface area contributed by atoms with E-state index in [9.17, 15) is 4.79 Å². The van der Waals surface area contributed by atoms with Crippen molar-refractivity contribution < 1.29 is 4.79 Å². The number of nitrogens with one attached hydrogen (secondary N) is 2. The maximum absolute atomic E-state index is 12.5. The van der Waals surface area contributed by atoms with Crippen LogP contribution in [0.25, 0.3) is 0 Å². The molecule has 2 aromatic carbocycles. The molecule has 4 rings (SSSR count). The number of Topliss-reactive ketones (excluding diaryl/α,β-unsaturated/α-hetero) is 1. The van der Waals surface area contributed by atoms with Crippen molar-refractivity contribution >= 4 is 23.1 Å². The molecule has 0 unspecified atom stereocenters. The van der Waals surface area contributed by atoms with Crippen LogP contribution in [0.3, 0.4) is 0 Å². The number of pyridine rings is 1. The zero-order valence-corrected chi connectivity index (χ0v) is 18.4. The van der Waals surface area contributed by atoms with Crippen LogP contribution in [0.1, 0.15) is 45.6 Å². The third-order valence-corrected chi connectivity index (χ3v) is 6.11. The van der Waals surface area contributed by atoms with Crippen LogP contribution in [-0.2, 0) is 25.8 Å². The van der Waals surface area contributed by atoms with E-state index in [1.165, 1.54) is 11.1 Å². The summed E-state index contributed by atoms with van der Waals surface area (Å²) in [5.41, 5.74) is 6.65. The van der Waals surface area contributed by atoms with E-state index in [2.05, 4.69) is 21.7 Å². The predicted octanol–water partition coefficient (Wildman–Crippen LogP) is 5.24. The summed E-state index contributed by atoms with van der Waals surface area (Å²) in [6, 6.07) is 17.9. The van der Waals surface area contributed by atoms with E-state index in [-0.39, 0.29) is 5.78 Å². The fraction of sp³-hybridized carbons (Fsp3) is 0.308. The molecular formula is C26H28ClN3O. The number of halogens is 1. The highest BCUT2D eigenvalue weighted by Crippen LogP contribution is 2.31. The smallest absolute Gasteiger partial charge is 0.162 e. The van der Waals surface area contributed by atoms with Gasteiger partial charge in [0.1, 0.15) is 0 Å². The number of carbonyl (C=O) groups is 1. The number of hydrogen-bond acceptors (Lipinski definition) is 4. The molecule has 0 radical (unpaired) electrons. The largest absolute Gasteiger partial charge is 0.380 e. The van der Waals surface area contributed by atoms with E-state index in [1.807, 2.05) is 48.5 Å². The Morgan fingerprint density at radius 2 is 1.87 bits per heavy atom. The van der Waals surface area contributed by atoms with Gasteiger partial charge in [-0.15, -0.1) is 0 Å². The minimum absolute atomic E-state index is 0.180. The average molecular weight is 434 g/mol. The molecule has 1 aliphatic rings. The van der Waals surface area contributed by atoms with E-state index in [1.54, 1.807) is 6.20 Å². The summed E-state index contributed by atoms with van der Waals surface area (Å²) in [5, 5.41) is 7.75. The van der Waals surface area contributed by atoms with Crippen molar-refractivity contribution in [2.75, 3.05) is 18.4 Å². The summed E-state index contributed by atoms with van der Waals surface area (Å²) in [4.78, 5) is 16.8. The highest BCUT2D eigenvalue weighted by molar-refractivity contribution is 6.33. The normalized spacial score (nSPS) is 13.3. The van der Waals surface area contributed by atoms with Gasteiger partial charge in [-0.1, -0.05) is 48.0 Å². The van der Waals surface area contributed by atoms with Crippen LogP contribution in [-0.4, -0.2) is 23.9 Å². The quantitative estimate of drug-likeness (QED) is 0.477. The zero-order chi connectivity index (χ0) is 21.5. The second kappa shape index (κ2) is 10.6. The summed E-state index contributed by atoms with van der Waals surface area (Å²) in [5.74, 6) is 0.180. The Hall–Kier alpha value is -2.69. The number of ketones is 1. The standard InChI is InChI=1S/C26H28ClN3O/c27-24-12-11-20-13-16-28-17-14-23(20)26(24)30-18-19-7-9-21(10-8-19)25(31)6-3-5-22-4-1-2-15-29-22/h1-2,4,7-12,15,28,30H,3,5-6,13-14,16-18H2. The van der Waals surface area contributed by atoms with Crippen molar-refractivity contribution in [2.45, 2.75) is 38.6 Å². The summed E-state index contributed by atoms with van der Waals surface area (Å²) < 4.78 is 0. The Kier molecular flexibility index (Phi) is 7.34. The lowest BCUT2D eigenvalue weighted by atomic mass is 10.0. The topological polar surface area (TPSA) is 54.0 Å². The molecule has 0 spiro atoms. The van der Waals surface area contributed by atoms with E-state index in [4.69, 9.17) is 11.6 Å². The number of anilines is 1. The van der Waals surface area contributed by atoms with Gasteiger partial charge in [0, 0.05) is 30.4 Å². The highest BCUT2D eigenvalue weighted by Gasteiger charge is 2.14. The fourth-order valence-corrected chi connectivity index (χ4v) is 4.30. The third-order valence-electron chi connectivity index (χ3n) is 5.79. The monoisotopic (exact) mass is 433 g/mol. The predicted molar refractivity (Wildman–Crippen MR) is 127 cm³/mol. The first kappa shape index (κ1) is 21.5. The maximum Gasteiger partial charge on any atom is 0.162 e. The summed E-state index contributed by atoms with van der Waals surface area (Å²) in [7, 11) is 0. The molecule has 0 saturated carbocycles. The second-order valence-electron chi connectivity index (χ2n) is 7.96. The molecule has 0 fully saturated rings. The first-order chi connectivity index (χ1) is 15.2. The number of carbonyl (C=O) groups excluding carboxylic acids is 1. The number of fused-ring (bicyclic) bond motifs is 1. The van der Waals surface area contributed by atoms with Crippen LogP contribution >= 0.6 is 11.6 Å². The van der Waals surface area contributed by atoms with Gasteiger partial charge >= 0.3 is 0 Å². The van der Waals surface area contributed by atoms with Crippen LogP contribution in [0.4, 0.5) is 5.69 Å². The molecule has 2 N–H and O–H groups in total. The Morgan fingerprint density at radius 3 is 2.68 bits per heavy atom. The molecule has 31 heavy (non-hydrogen) atoms. The summed E-state index contributed by atoms with van der Waals surface area (Å²) in [6.45, 7) is 2.66. The van der Waals surface area contributed by atoms with Gasteiger partial charge in [0.05, 0.1) is 10.7 Å². The average Bonchev–Trinajstić information content (AvgIpc) is 3.05. The van der Waals surface area contributed by atoms with Gasteiger partial charge in [0.25, 0.3) is 0 Å². The number of rotatable bonds is 8. The molecule has 1 aromatic heterocycles. The molecule has 160 valence electrons. The van der Waals surface area contributed by atoms with Crippen LogP contribution < -0.4 is 10.6 Å². The zero-order valence-electron chi connectivity index (χ0n) is 17.7. The number of hydrogen-bond donors (Lipinski definition) is 2. The molecule has 4 nitrogen and oxygen atoms in total. The van der Waals surface area contributed by atoms with Crippen molar-refractivity contribution in [3.8, 4) is 0 Å². The fourth-order valence-electron chi connectivity index (χ4n) is 4.05. The molecule has 0 saturated heterocycles. The van der Waals surface area contributed by atoms with Crippen LogP contribution in [0.5, 0.6) is 0 Å². The summed E-state index contributed by atoms with van der Waals surface area (Å²) >= 11 is 6.51. The molecule has 2 heterocycles. The van der Waals surface area contributed by atoms with Gasteiger partial charge in [-0.05, 0) is 73.7 Å². The van der Waals surface area contributed by atoms with Gasteiger partial charge < -0.3 is 10.6 Å². The van der Waals surface area contributed by atoms with Gasteiger partial charge in [0.15, 0.2) is 5.78 Å². The third kappa shape index (κ3) is 5.72. The van der Waals surface area contributed by atoms with Crippen molar-refractivity contribution in [1.29, 1.82) is 0 Å². The Morgan fingerprint density at radius 1 is 1.03 bits per heavy atom. The van der Waals surface area contributed by atoms with Crippen molar-refractivity contribution in [3.63, 3.8) is 0 Å². The first-order valence-electron chi connectivity index (χ1n) is 11.0. The summed E-state index contributed by atoms with van der Waals surface area (Å²) in [6.07, 6.45) is 5.97. The van der Waals surface area contributed by atoms with Crippen molar-refractivity contribution in [2.24, 2.45) is 0 Å². The van der Waals surface area contributed by atoms with E-state index >= 15 is 0 Å². The number of nitrogens with zero attached hydrogens (tertiary/aromatic N) is 1. The van der Waals surface area contributed by atoms with Crippen LogP contribution in [0.2, 0.25) is 5.02 Å². The van der Waals surface area contributed by atoms with E-state index in [0.717, 1.165) is 66.3 Å². The lowest BCUT2D eigenvalue weighted by Crippen LogP contribution is -2.16. The second-order valence-corrected chi connectivity index (χ2v) is 8.37. The van der Waals surface area contributed by atoms with E-state index in [0.29, 0.717) is 13.0 Å². The molecule has 0 atom stereocenters. The Balaban J connectivity index is 1.33. The minimum atomic E-state index is 0.180. The lowest BCUT2D eigenvalue weighted by molar-refractivity contribution is 0.0980. The molecule has 0 amide bonds. The molecule has 0 bridgehead atoms. The number of aryl methyl sites for hydroxylation is 1. The highest BCUT2D eigenvalue weighted by atomic mass is 35.5. The lowest BCUT2D eigenvalue weighted by Gasteiger charge is -2.16. The van der Waals surface area contributed by atoms with Gasteiger partial charge in [-0.3, -0.25) is 9.78 Å². The minimum Gasteiger partial charge on any atom is -0.380 e. The maximum atomic E-state index is 12.5. The number of benzene rings is 2. The SMILES string of the molecule is O=C(CCCc1ccccn1)c1ccc(CNc2c(Cl)ccc3c2CCNCC3)cc1. The van der Waals surface area contributed by atoms with Crippen molar-refractivity contribution in [1.82, 2.24) is 10.3 Å². The molecular weight excluding hydrogens is 406 g/mol. The Bertz CT molecular complexity index is 1020. The molecule has 0 aliphatic carbocycles. The first-order valence-corrected chi connectivity index (χ1v) is 11.4. The van der Waals surface area contributed by atoms with Crippen LogP contribution in [0.15, 0.2) is 60.8 Å². The van der Waals surface area contributed by atoms with Gasteiger partial charge in [0.2, 0.25) is 0 Å². The number of aromatic nitrogens is 1.